The Hall–Kier alpha value is -3.13. The minimum Gasteiger partial charge on any atom is -0.497 e. The van der Waals surface area contributed by atoms with Crippen LogP contribution in [-0.4, -0.2) is 36.1 Å². The van der Waals surface area contributed by atoms with E-state index < -0.39 is 0 Å². The number of benzene rings is 1. The average Bonchev–Trinajstić information content (AvgIpc) is 3.27. The Morgan fingerprint density at radius 2 is 1.81 bits per heavy atom. The molecule has 0 bridgehead atoms. The van der Waals surface area contributed by atoms with Crippen LogP contribution in [0.2, 0.25) is 0 Å². The van der Waals surface area contributed by atoms with E-state index in [1.165, 1.54) is 4.88 Å². The SMILES string of the molecule is CCNC(=NCc1ccc(Oc2ccc(OC)cc2)nc1)NCCc1ncc(CC)s1. The number of hydrogen-bond acceptors (Lipinski definition) is 6. The number of nitrogens with one attached hydrogen (secondary N) is 2. The molecule has 3 aromatic rings. The molecule has 0 aliphatic rings. The zero-order valence-corrected chi connectivity index (χ0v) is 19.0. The molecule has 2 N–H and O–H groups in total. The van der Waals surface area contributed by atoms with Gasteiger partial charge in [-0.25, -0.2) is 15.0 Å². The Balaban J connectivity index is 1.50. The van der Waals surface area contributed by atoms with Crippen LogP contribution < -0.4 is 20.1 Å². The lowest BCUT2D eigenvalue weighted by molar-refractivity contribution is 0.412. The standard InChI is InChI=1S/C23H29N5O2S/c1-4-20-16-27-22(31-20)12-13-25-23(24-5-2)28-15-17-6-11-21(26-14-17)30-19-9-7-18(29-3)8-10-19/h6-11,14,16H,4-5,12-13,15H2,1-3H3,(H2,24,25,28). The molecule has 7 nitrogen and oxygen atoms in total. The van der Waals surface area contributed by atoms with Crippen LogP contribution in [-0.2, 0) is 19.4 Å². The first kappa shape index (κ1) is 22.6. The van der Waals surface area contributed by atoms with Crippen LogP contribution in [0.5, 0.6) is 17.4 Å². The van der Waals surface area contributed by atoms with Crippen LogP contribution in [0.15, 0.2) is 53.8 Å². The Morgan fingerprint density at radius 3 is 2.45 bits per heavy atom. The molecule has 31 heavy (non-hydrogen) atoms. The van der Waals surface area contributed by atoms with Crippen molar-refractivity contribution in [2.75, 3.05) is 20.2 Å². The van der Waals surface area contributed by atoms with Gasteiger partial charge in [-0.05, 0) is 43.2 Å². The fourth-order valence-corrected chi connectivity index (χ4v) is 3.62. The highest BCUT2D eigenvalue weighted by molar-refractivity contribution is 7.11. The topological polar surface area (TPSA) is 80.7 Å². The van der Waals surface area contributed by atoms with Crippen LogP contribution in [0.4, 0.5) is 0 Å². The molecule has 164 valence electrons. The van der Waals surface area contributed by atoms with Gasteiger partial charge in [0.05, 0.1) is 18.7 Å². The minimum absolute atomic E-state index is 0.530. The largest absolute Gasteiger partial charge is 0.497 e. The first-order valence-corrected chi connectivity index (χ1v) is 11.2. The maximum atomic E-state index is 5.77. The van der Waals surface area contributed by atoms with Crippen molar-refractivity contribution in [3.05, 3.63) is 64.2 Å². The van der Waals surface area contributed by atoms with E-state index in [0.717, 1.165) is 48.2 Å². The average molecular weight is 440 g/mol. The molecule has 1 aromatic carbocycles. The van der Waals surface area contributed by atoms with Gasteiger partial charge < -0.3 is 20.1 Å². The molecule has 0 radical (unpaired) electrons. The monoisotopic (exact) mass is 439 g/mol. The minimum atomic E-state index is 0.530. The second-order valence-electron chi connectivity index (χ2n) is 6.73. The van der Waals surface area contributed by atoms with Crippen molar-refractivity contribution in [2.24, 2.45) is 4.99 Å². The Bertz CT molecular complexity index is 955. The quantitative estimate of drug-likeness (QED) is 0.364. The normalized spacial score (nSPS) is 11.3. The van der Waals surface area contributed by atoms with Crippen LogP contribution in [0.25, 0.3) is 0 Å². The van der Waals surface area contributed by atoms with E-state index in [0.29, 0.717) is 18.2 Å². The van der Waals surface area contributed by atoms with Gasteiger partial charge in [0.15, 0.2) is 5.96 Å². The molecule has 0 amide bonds. The summed E-state index contributed by atoms with van der Waals surface area (Å²) in [6.45, 7) is 6.32. The van der Waals surface area contributed by atoms with Crippen LogP contribution >= 0.6 is 11.3 Å². The first-order valence-electron chi connectivity index (χ1n) is 10.4. The molecule has 2 aromatic heterocycles. The molecule has 0 aliphatic heterocycles. The number of pyridine rings is 1. The molecule has 3 rings (SSSR count). The maximum absolute atomic E-state index is 5.77. The molecule has 0 fully saturated rings. The van der Waals surface area contributed by atoms with Crippen LogP contribution in [0.3, 0.4) is 0 Å². The van der Waals surface area contributed by atoms with Gasteiger partial charge in [0.2, 0.25) is 5.88 Å². The summed E-state index contributed by atoms with van der Waals surface area (Å²) in [5.41, 5.74) is 1.01. The lowest BCUT2D eigenvalue weighted by Crippen LogP contribution is -2.38. The number of hydrogen-bond donors (Lipinski definition) is 2. The van der Waals surface area contributed by atoms with Crippen molar-refractivity contribution >= 4 is 17.3 Å². The number of aryl methyl sites for hydroxylation is 1. The van der Waals surface area contributed by atoms with Crippen LogP contribution in [0, 0.1) is 0 Å². The van der Waals surface area contributed by atoms with Crippen molar-refractivity contribution in [1.82, 2.24) is 20.6 Å². The Kier molecular flexibility index (Phi) is 8.66. The summed E-state index contributed by atoms with van der Waals surface area (Å²) in [6.07, 6.45) is 5.67. The summed E-state index contributed by atoms with van der Waals surface area (Å²) in [5, 5.41) is 7.80. The number of ether oxygens (including phenoxy) is 2. The predicted molar refractivity (Wildman–Crippen MR) is 125 cm³/mol. The van der Waals surface area contributed by atoms with E-state index >= 15 is 0 Å². The van der Waals surface area contributed by atoms with Gasteiger partial charge in [-0.1, -0.05) is 13.0 Å². The Morgan fingerprint density at radius 1 is 1.00 bits per heavy atom. The van der Waals surface area contributed by atoms with Crippen LogP contribution in [0.1, 0.15) is 29.3 Å². The second-order valence-corrected chi connectivity index (χ2v) is 7.93. The maximum Gasteiger partial charge on any atom is 0.219 e. The number of rotatable bonds is 10. The third-order valence-corrected chi connectivity index (χ3v) is 5.63. The molecule has 0 unspecified atom stereocenters. The van der Waals surface area contributed by atoms with Gasteiger partial charge in [0, 0.05) is 42.8 Å². The van der Waals surface area contributed by atoms with Gasteiger partial charge in [-0.15, -0.1) is 11.3 Å². The molecule has 0 saturated heterocycles. The molecule has 8 heteroatoms. The first-order chi connectivity index (χ1) is 15.2. The zero-order chi connectivity index (χ0) is 21.9. The van der Waals surface area contributed by atoms with E-state index in [9.17, 15) is 0 Å². The number of methoxy groups -OCH3 is 1. The highest BCUT2D eigenvalue weighted by Gasteiger charge is 2.03. The zero-order valence-electron chi connectivity index (χ0n) is 18.2. The fourth-order valence-electron chi connectivity index (χ4n) is 2.76. The summed E-state index contributed by atoms with van der Waals surface area (Å²) in [6, 6.07) is 11.2. The molecular weight excluding hydrogens is 410 g/mol. The van der Waals surface area contributed by atoms with E-state index in [1.807, 2.05) is 42.6 Å². The summed E-state index contributed by atoms with van der Waals surface area (Å²) in [7, 11) is 1.64. The highest BCUT2D eigenvalue weighted by Crippen LogP contribution is 2.22. The van der Waals surface area contributed by atoms with Crippen molar-refractivity contribution in [1.29, 1.82) is 0 Å². The summed E-state index contributed by atoms with van der Waals surface area (Å²) in [4.78, 5) is 14.8. The Labute approximate surface area is 187 Å². The second kappa shape index (κ2) is 11.9. The molecule has 2 heterocycles. The summed E-state index contributed by atoms with van der Waals surface area (Å²) < 4.78 is 10.9. The van der Waals surface area contributed by atoms with Gasteiger partial charge in [0.1, 0.15) is 11.5 Å². The van der Waals surface area contributed by atoms with Crippen molar-refractivity contribution in [3.63, 3.8) is 0 Å². The van der Waals surface area contributed by atoms with E-state index in [1.54, 1.807) is 24.6 Å². The lowest BCUT2D eigenvalue weighted by atomic mass is 10.3. The molecular formula is C23H29N5O2S. The molecule has 0 saturated carbocycles. The fraction of sp³-hybridized carbons (Fsp3) is 0.348. The van der Waals surface area contributed by atoms with Gasteiger partial charge in [-0.3, -0.25) is 0 Å². The van der Waals surface area contributed by atoms with E-state index in [2.05, 4.69) is 39.4 Å². The van der Waals surface area contributed by atoms with E-state index in [-0.39, 0.29) is 0 Å². The lowest BCUT2D eigenvalue weighted by Gasteiger charge is -2.11. The predicted octanol–water partition coefficient (Wildman–Crippen LogP) is 4.20. The number of aromatic nitrogens is 2. The number of aliphatic imine (C=N–C) groups is 1. The number of nitrogens with zero attached hydrogens (tertiary/aromatic N) is 3. The van der Waals surface area contributed by atoms with Gasteiger partial charge in [0.25, 0.3) is 0 Å². The van der Waals surface area contributed by atoms with Crippen molar-refractivity contribution in [3.8, 4) is 17.4 Å². The van der Waals surface area contributed by atoms with Gasteiger partial charge >= 0.3 is 0 Å². The summed E-state index contributed by atoms with van der Waals surface area (Å²) in [5.74, 6) is 2.83. The summed E-state index contributed by atoms with van der Waals surface area (Å²) >= 11 is 1.77. The highest BCUT2D eigenvalue weighted by atomic mass is 32.1. The molecule has 0 spiro atoms. The number of guanidine groups is 1. The number of thiazole rings is 1. The van der Waals surface area contributed by atoms with Gasteiger partial charge in [-0.2, -0.15) is 0 Å². The third kappa shape index (κ3) is 7.25. The van der Waals surface area contributed by atoms with E-state index in [4.69, 9.17) is 9.47 Å². The molecule has 0 atom stereocenters. The smallest absolute Gasteiger partial charge is 0.219 e. The van der Waals surface area contributed by atoms with Crippen molar-refractivity contribution in [2.45, 2.75) is 33.2 Å². The molecule has 0 aliphatic carbocycles. The van der Waals surface area contributed by atoms with Crippen molar-refractivity contribution < 1.29 is 9.47 Å². The third-order valence-electron chi connectivity index (χ3n) is 4.42.